The van der Waals surface area contributed by atoms with Crippen LogP contribution in [0.3, 0.4) is 0 Å². The molecule has 4 heteroatoms. The highest BCUT2D eigenvalue weighted by Gasteiger charge is 2.27. The Hall–Kier alpha value is -0.900. The molecule has 66 valence electrons. The van der Waals surface area contributed by atoms with Crippen LogP contribution in [0.15, 0.2) is 21.5 Å². The maximum atomic E-state index is 11.3. The molecule has 0 spiro atoms. The summed E-state index contributed by atoms with van der Waals surface area (Å²) >= 11 is 0. The number of hydrogen-bond donors (Lipinski definition) is 0. The van der Waals surface area contributed by atoms with E-state index in [1.165, 1.54) is 26.8 Å². The van der Waals surface area contributed by atoms with Gasteiger partial charge in [0.2, 0.25) is 0 Å². The Bertz CT molecular complexity index is 396. The Morgan fingerprint density at radius 1 is 1.33 bits per heavy atom. The Balaban J connectivity index is 3.41. The minimum Gasteiger partial charge on any atom is -0.294 e. The molecular formula is C8H10O3S. The third kappa shape index (κ3) is 1.12. The van der Waals surface area contributed by atoms with Crippen molar-refractivity contribution in [3.8, 4) is 0 Å². The van der Waals surface area contributed by atoms with Crippen molar-refractivity contribution in [2.24, 2.45) is 0 Å². The maximum Gasteiger partial charge on any atom is 0.199 e. The van der Waals surface area contributed by atoms with Gasteiger partial charge in [0.25, 0.3) is 0 Å². The van der Waals surface area contributed by atoms with E-state index in [-0.39, 0.29) is 15.6 Å². The summed E-state index contributed by atoms with van der Waals surface area (Å²) in [7, 11) is -3.28. The number of ketones is 1. The smallest absolute Gasteiger partial charge is 0.199 e. The van der Waals surface area contributed by atoms with Gasteiger partial charge in [-0.1, -0.05) is 0 Å². The standard InChI is InChI=1S/C8H10O3S/c1-5-4-8(6(2)9)7(3)12(5,10)11/h4H,1-3H3. The van der Waals surface area contributed by atoms with Crippen molar-refractivity contribution in [3.05, 3.63) is 21.5 Å². The van der Waals surface area contributed by atoms with Crippen LogP contribution in [0.5, 0.6) is 0 Å². The van der Waals surface area contributed by atoms with E-state index in [0.717, 1.165) is 0 Å². The van der Waals surface area contributed by atoms with Gasteiger partial charge in [-0.25, -0.2) is 8.42 Å². The lowest BCUT2D eigenvalue weighted by Gasteiger charge is -1.96. The van der Waals surface area contributed by atoms with Crippen molar-refractivity contribution >= 4 is 15.6 Å². The zero-order valence-corrected chi connectivity index (χ0v) is 8.03. The van der Waals surface area contributed by atoms with Gasteiger partial charge >= 0.3 is 0 Å². The topological polar surface area (TPSA) is 51.2 Å². The predicted octanol–water partition coefficient (Wildman–Crippen LogP) is 1.18. The van der Waals surface area contributed by atoms with Gasteiger partial charge in [-0.15, -0.1) is 0 Å². The lowest BCUT2D eigenvalue weighted by Crippen LogP contribution is -2.00. The molecule has 12 heavy (non-hydrogen) atoms. The number of hydrogen-bond acceptors (Lipinski definition) is 3. The van der Waals surface area contributed by atoms with Gasteiger partial charge in [-0.05, 0) is 26.8 Å². The number of Topliss-reactive ketones (excluding diaryl/α,β-unsaturated/α-hetero) is 1. The molecule has 0 N–H and O–H groups in total. The van der Waals surface area contributed by atoms with Crippen LogP contribution < -0.4 is 0 Å². The first-order chi connectivity index (χ1) is 5.37. The molecule has 0 fully saturated rings. The van der Waals surface area contributed by atoms with Crippen LogP contribution in [-0.4, -0.2) is 14.2 Å². The predicted molar refractivity (Wildman–Crippen MR) is 46.1 cm³/mol. The molecule has 3 nitrogen and oxygen atoms in total. The monoisotopic (exact) mass is 186 g/mol. The van der Waals surface area contributed by atoms with E-state index in [2.05, 4.69) is 0 Å². The number of carbonyl (C=O) groups is 1. The highest BCUT2D eigenvalue weighted by molar-refractivity contribution is 7.99. The third-order valence-electron chi connectivity index (χ3n) is 1.93. The molecule has 1 rings (SSSR count). The molecular weight excluding hydrogens is 176 g/mol. The largest absolute Gasteiger partial charge is 0.294 e. The number of sulfone groups is 1. The minimum atomic E-state index is -3.28. The summed E-state index contributed by atoms with van der Waals surface area (Å²) in [4.78, 5) is 11.4. The molecule has 0 saturated carbocycles. The van der Waals surface area contributed by atoms with Crippen LogP contribution in [-0.2, 0) is 14.6 Å². The van der Waals surface area contributed by atoms with Gasteiger partial charge in [-0.2, -0.15) is 0 Å². The van der Waals surface area contributed by atoms with Crippen molar-refractivity contribution in [1.29, 1.82) is 0 Å². The van der Waals surface area contributed by atoms with Gasteiger partial charge in [0, 0.05) is 10.5 Å². The maximum absolute atomic E-state index is 11.3. The van der Waals surface area contributed by atoms with Crippen LogP contribution >= 0.6 is 0 Å². The van der Waals surface area contributed by atoms with Crippen LogP contribution in [0.25, 0.3) is 0 Å². The molecule has 0 saturated heterocycles. The Morgan fingerprint density at radius 2 is 1.83 bits per heavy atom. The van der Waals surface area contributed by atoms with Crippen LogP contribution in [0.2, 0.25) is 0 Å². The summed E-state index contributed by atoms with van der Waals surface area (Å²) < 4.78 is 22.7. The molecule has 0 radical (unpaired) electrons. The summed E-state index contributed by atoms with van der Waals surface area (Å²) in [6.45, 7) is 4.32. The first-order valence-electron chi connectivity index (χ1n) is 3.52. The van der Waals surface area contributed by atoms with Gasteiger partial charge < -0.3 is 0 Å². The summed E-state index contributed by atoms with van der Waals surface area (Å²) in [5, 5.41) is 0. The summed E-state index contributed by atoms with van der Waals surface area (Å²) in [6.07, 6.45) is 1.42. The minimum absolute atomic E-state index is 0.174. The number of rotatable bonds is 1. The van der Waals surface area contributed by atoms with Gasteiger partial charge in [0.15, 0.2) is 15.6 Å². The molecule has 0 atom stereocenters. The second-order valence-corrected chi connectivity index (χ2v) is 5.05. The van der Waals surface area contributed by atoms with Crippen molar-refractivity contribution in [3.63, 3.8) is 0 Å². The Morgan fingerprint density at radius 3 is 2.00 bits per heavy atom. The molecule has 0 aromatic carbocycles. The Kier molecular flexibility index (Phi) is 1.96. The quantitative estimate of drug-likeness (QED) is 0.618. The van der Waals surface area contributed by atoms with E-state index in [0.29, 0.717) is 5.57 Å². The normalized spacial score (nSPS) is 21.1. The zero-order valence-electron chi connectivity index (χ0n) is 7.21. The summed E-state index contributed by atoms with van der Waals surface area (Å²) in [5.74, 6) is -0.201. The van der Waals surface area contributed by atoms with E-state index in [1.807, 2.05) is 0 Å². The fourth-order valence-corrected chi connectivity index (χ4v) is 2.37. The second-order valence-electron chi connectivity index (χ2n) is 2.78. The molecule has 0 unspecified atom stereocenters. The van der Waals surface area contributed by atoms with Crippen molar-refractivity contribution < 1.29 is 13.2 Å². The molecule has 0 aromatic rings. The zero-order chi connectivity index (χ0) is 9.52. The first kappa shape index (κ1) is 9.19. The lowest BCUT2D eigenvalue weighted by molar-refractivity contribution is -0.113. The fourth-order valence-electron chi connectivity index (χ4n) is 1.12. The average molecular weight is 186 g/mol. The second kappa shape index (κ2) is 2.55. The number of carbonyl (C=O) groups excluding carboxylic acids is 1. The lowest BCUT2D eigenvalue weighted by atomic mass is 10.2. The van der Waals surface area contributed by atoms with Crippen LogP contribution in [0.1, 0.15) is 20.8 Å². The molecule has 1 heterocycles. The molecule has 1 aliphatic rings. The average Bonchev–Trinajstić information content (AvgIpc) is 2.13. The van der Waals surface area contributed by atoms with E-state index < -0.39 is 9.84 Å². The van der Waals surface area contributed by atoms with Crippen molar-refractivity contribution in [2.75, 3.05) is 0 Å². The fraction of sp³-hybridized carbons (Fsp3) is 0.375. The SMILES string of the molecule is CC(=O)C1=C(C)S(=O)(=O)C(C)=C1. The molecule has 0 aromatic heterocycles. The van der Waals surface area contributed by atoms with E-state index in [9.17, 15) is 13.2 Å². The highest BCUT2D eigenvalue weighted by Crippen LogP contribution is 2.28. The van der Waals surface area contributed by atoms with Gasteiger partial charge in [0.1, 0.15) is 0 Å². The third-order valence-corrected chi connectivity index (χ3v) is 3.92. The van der Waals surface area contributed by atoms with Gasteiger partial charge in [0.05, 0.1) is 4.91 Å². The Labute approximate surface area is 71.7 Å². The highest BCUT2D eigenvalue weighted by atomic mass is 32.2. The summed E-state index contributed by atoms with van der Waals surface area (Å²) in [6, 6.07) is 0. The molecule has 0 amide bonds. The summed E-state index contributed by atoms with van der Waals surface area (Å²) in [5.41, 5.74) is 0.313. The van der Waals surface area contributed by atoms with Crippen LogP contribution in [0.4, 0.5) is 0 Å². The molecule has 0 aliphatic carbocycles. The van der Waals surface area contributed by atoms with Crippen LogP contribution in [0, 0.1) is 0 Å². The molecule has 1 aliphatic heterocycles. The van der Waals surface area contributed by atoms with E-state index in [1.54, 1.807) is 0 Å². The molecule has 0 bridgehead atoms. The van der Waals surface area contributed by atoms with Crippen molar-refractivity contribution in [1.82, 2.24) is 0 Å². The van der Waals surface area contributed by atoms with Crippen molar-refractivity contribution in [2.45, 2.75) is 20.8 Å². The van der Waals surface area contributed by atoms with Gasteiger partial charge in [-0.3, -0.25) is 4.79 Å². The van der Waals surface area contributed by atoms with E-state index in [4.69, 9.17) is 0 Å². The van der Waals surface area contributed by atoms with E-state index >= 15 is 0 Å². The first-order valence-corrected chi connectivity index (χ1v) is 5.01. The number of allylic oxidation sites excluding steroid dienone is 4.